The lowest BCUT2D eigenvalue weighted by atomic mass is 10.1. The highest BCUT2D eigenvalue weighted by atomic mass is 16.5. The number of amides is 1. The van der Waals surface area contributed by atoms with Crippen LogP contribution in [-0.2, 0) is 16.1 Å². The number of anilines is 1. The largest absolute Gasteiger partial charge is 0.494 e. The summed E-state index contributed by atoms with van der Waals surface area (Å²) in [6, 6.07) is 14.7. The lowest BCUT2D eigenvalue weighted by Crippen LogP contribution is -2.17. The number of benzene rings is 2. The summed E-state index contributed by atoms with van der Waals surface area (Å²) in [5.74, 6) is 0.903. The van der Waals surface area contributed by atoms with Crippen molar-refractivity contribution >= 4 is 28.7 Å². The predicted molar refractivity (Wildman–Crippen MR) is 121 cm³/mol. The molecule has 0 saturated carbocycles. The SMILES string of the molecule is CCOCCCn1c(NC(=O)CCC(=O)c2ccc(OCC)cc2)nc2ccccc21. The van der Waals surface area contributed by atoms with E-state index in [1.165, 1.54) is 0 Å². The molecule has 1 amide bonds. The number of carbonyl (C=O) groups excluding carboxylic acids is 2. The van der Waals surface area contributed by atoms with Crippen LogP contribution in [0.2, 0.25) is 0 Å². The molecule has 1 aromatic heterocycles. The van der Waals surface area contributed by atoms with Crippen molar-refractivity contribution in [2.75, 3.05) is 25.1 Å². The zero-order chi connectivity index (χ0) is 22.1. The molecule has 0 unspecified atom stereocenters. The van der Waals surface area contributed by atoms with Crippen LogP contribution < -0.4 is 10.1 Å². The number of aromatic nitrogens is 2. The van der Waals surface area contributed by atoms with Gasteiger partial charge < -0.3 is 14.0 Å². The summed E-state index contributed by atoms with van der Waals surface area (Å²) in [5, 5.41) is 2.87. The van der Waals surface area contributed by atoms with Gasteiger partial charge >= 0.3 is 0 Å². The number of ether oxygens (including phenoxy) is 2. The van der Waals surface area contributed by atoms with Gasteiger partial charge in [-0.25, -0.2) is 4.98 Å². The molecule has 0 bridgehead atoms. The summed E-state index contributed by atoms with van der Waals surface area (Å²) >= 11 is 0. The summed E-state index contributed by atoms with van der Waals surface area (Å²) in [5.41, 5.74) is 2.35. The zero-order valence-corrected chi connectivity index (χ0v) is 18.1. The van der Waals surface area contributed by atoms with Crippen LogP contribution in [-0.4, -0.2) is 41.1 Å². The zero-order valence-electron chi connectivity index (χ0n) is 18.1. The molecule has 2 aromatic carbocycles. The van der Waals surface area contributed by atoms with Gasteiger partial charge in [-0.2, -0.15) is 0 Å². The molecule has 3 aromatic rings. The third-order valence-electron chi connectivity index (χ3n) is 4.85. The van der Waals surface area contributed by atoms with Crippen LogP contribution in [0, 0.1) is 0 Å². The van der Waals surface area contributed by atoms with E-state index in [-0.39, 0.29) is 24.5 Å². The van der Waals surface area contributed by atoms with Crippen LogP contribution in [0.3, 0.4) is 0 Å². The second-order valence-electron chi connectivity index (χ2n) is 7.05. The molecule has 0 aliphatic heterocycles. The first-order valence-corrected chi connectivity index (χ1v) is 10.7. The molecule has 0 radical (unpaired) electrons. The van der Waals surface area contributed by atoms with Crippen molar-refractivity contribution in [1.29, 1.82) is 0 Å². The first kappa shape index (κ1) is 22.5. The quantitative estimate of drug-likeness (QED) is 0.343. The summed E-state index contributed by atoms with van der Waals surface area (Å²) in [4.78, 5) is 29.5. The Morgan fingerprint density at radius 3 is 2.52 bits per heavy atom. The smallest absolute Gasteiger partial charge is 0.227 e. The number of aryl methyl sites for hydroxylation is 1. The van der Waals surface area contributed by atoms with Gasteiger partial charge in [0.1, 0.15) is 5.75 Å². The highest BCUT2D eigenvalue weighted by Gasteiger charge is 2.15. The molecule has 0 atom stereocenters. The van der Waals surface area contributed by atoms with E-state index >= 15 is 0 Å². The number of imidazole rings is 1. The van der Waals surface area contributed by atoms with E-state index in [9.17, 15) is 9.59 Å². The van der Waals surface area contributed by atoms with Gasteiger partial charge in [-0.15, -0.1) is 0 Å². The first-order valence-electron chi connectivity index (χ1n) is 10.7. The number of rotatable bonds is 12. The molecule has 0 saturated heterocycles. The fraction of sp³-hybridized carbons (Fsp3) is 0.375. The molecule has 7 nitrogen and oxygen atoms in total. The normalized spacial score (nSPS) is 10.9. The summed E-state index contributed by atoms with van der Waals surface area (Å²) in [7, 11) is 0. The minimum atomic E-state index is -0.236. The third-order valence-corrected chi connectivity index (χ3v) is 4.85. The van der Waals surface area contributed by atoms with Crippen LogP contribution in [0.25, 0.3) is 11.0 Å². The minimum absolute atomic E-state index is 0.0802. The second-order valence-corrected chi connectivity index (χ2v) is 7.05. The van der Waals surface area contributed by atoms with Gasteiger partial charge in [0, 0.05) is 38.2 Å². The molecule has 1 heterocycles. The maximum Gasteiger partial charge on any atom is 0.227 e. The van der Waals surface area contributed by atoms with Gasteiger partial charge in [0.25, 0.3) is 0 Å². The van der Waals surface area contributed by atoms with Crippen LogP contribution in [0.15, 0.2) is 48.5 Å². The van der Waals surface area contributed by atoms with Crippen LogP contribution >= 0.6 is 0 Å². The van der Waals surface area contributed by atoms with Gasteiger partial charge in [0.05, 0.1) is 17.6 Å². The van der Waals surface area contributed by atoms with E-state index < -0.39 is 0 Å². The Bertz CT molecular complexity index is 1010. The minimum Gasteiger partial charge on any atom is -0.494 e. The number of carbonyl (C=O) groups is 2. The van der Waals surface area contributed by atoms with Crippen molar-refractivity contribution in [3.8, 4) is 5.75 Å². The van der Waals surface area contributed by atoms with E-state index in [1.807, 2.05) is 42.7 Å². The molecule has 31 heavy (non-hydrogen) atoms. The molecule has 0 fully saturated rings. The van der Waals surface area contributed by atoms with Gasteiger partial charge in [-0.05, 0) is 56.7 Å². The Hall–Kier alpha value is -3.19. The Morgan fingerprint density at radius 1 is 1.00 bits per heavy atom. The molecule has 164 valence electrons. The monoisotopic (exact) mass is 423 g/mol. The van der Waals surface area contributed by atoms with Crippen LogP contribution in [0.1, 0.15) is 43.5 Å². The Balaban J connectivity index is 1.61. The average Bonchev–Trinajstić information content (AvgIpc) is 3.12. The van der Waals surface area contributed by atoms with Crippen molar-refractivity contribution in [2.24, 2.45) is 0 Å². The molecule has 1 N–H and O–H groups in total. The Kier molecular flexibility index (Phi) is 8.18. The summed E-state index contributed by atoms with van der Waals surface area (Å²) < 4.78 is 12.8. The van der Waals surface area contributed by atoms with E-state index in [0.717, 1.165) is 23.2 Å². The predicted octanol–water partition coefficient (Wildman–Crippen LogP) is 4.46. The third kappa shape index (κ3) is 6.15. The molecular weight excluding hydrogens is 394 g/mol. The molecule has 0 spiro atoms. The number of nitrogens with one attached hydrogen (secondary N) is 1. The fourth-order valence-electron chi connectivity index (χ4n) is 3.33. The van der Waals surface area contributed by atoms with E-state index in [0.29, 0.717) is 37.9 Å². The highest BCUT2D eigenvalue weighted by Crippen LogP contribution is 2.21. The number of ketones is 1. The number of fused-ring (bicyclic) bond motifs is 1. The van der Waals surface area contributed by atoms with Crippen molar-refractivity contribution in [3.63, 3.8) is 0 Å². The molecular formula is C24H29N3O4. The fourth-order valence-corrected chi connectivity index (χ4v) is 3.33. The topological polar surface area (TPSA) is 82.5 Å². The van der Waals surface area contributed by atoms with Gasteiger partial charge in [0.15, 0.2) is 5.78 Å². The van der Waals surface area contributed by atoms with Crippen LogP contribution in [0.5, 0.6) is 5.75 Å². The van der Waals surface area contributed by atoms with Crippen molar-refractivity contribution in [2.45, 2.75) is 39.7 Å². The lowest BCUT2D eigenvalue weighted by molar-refractivity contribution is -0.116. The molecule has 0 aliphatic carbocycles. The Morgan fingerprint density at radius 2 is 1.77 bits per heavy atom. The van der Waals surface area contributed by atoms with Crippen molar-refractivity contribution in [1.82, 2.24) is 9.55 Å². The van der Waals surface area contributed by atoms with Crippen molar-refractivity contribution < 1.29 is 19.1 Å². The number of nitrogens with zero attached hydrogens (tertiary/aromatic N) is 2. The van der Waals surface area contributed by atoms with E-state index in [4.69, 9.17) is 9.47 Å². The highest BCUT2D eigenvalue weighted by molar-refractivity contribution is 6.00. The number of para-hydroxylation sites is 2. The summed E-state index contributed by atoms with van der Waals surface area (Å²) in [6.45, 7) is 6.45. The maximum absolute atomic E-state index is 12.5. The van der Waals surface area contributed by atoms with Crippen LogP contribution in [0.4, 0.5) is 5.95 Å². The van der Waals surface area contributed by atoms with Gasteiger partial charge in [0.2, 0.25) is 11.9 Å². The first-order chi connectivity index (χ1) is 15.1. The van der Waals surface area contributed by atoms with E-state index in [2.05, 4.69) is 10.3 Å². The van der Waals surface area contributed by atoms with E-state index in [1.54, 1.807) is 24.3 Å². The Labute approximate surface area is 182 Å². The molecule has 7 heteroatoms. The molecule has 3 rings (SSSR count). The number of Topliss-reactive ketones (excluding diaryl/α,β-unsaturated/α-hetero) is 1. The van der Waals surface area contributed by atoms with Gasteiger partial charge in [-0.3, -0.25) is 14.9 Å². The number of hydrogen-bond acceptors (Lipinski definition) is 5. The maximum atomic E-state index is 12.5. The second kappa shape index (κ2) is 11.3. The lowest BCUT2D eigenvalue weighted by Gasteiger charge is -2.10. The van der Waals surface area contributed by atoms with Gasteiger partial charge in [-0.1, -0.05) is 12.1 Å². The summed E-state index contributed by atoms with van der Waals surface area (Å²) in [6.07, 6.45) is 1.03. The standard InChI is InChI=1S/C24H29N3O4/c1-3-30-17-7-16-27-21-9-6-5-8-20(21)25-24(27)26-23(29)15-14-22(28)18-10-12-19(13-11-18)31-4-2/h5-6,8-13H,3-4,7,14-17H2,1-2H3,(H,25,26,29). The number of hydrogen-bond donors (Lipinski definition) is 1. The van der Waals surface area contributed by atoms with Crippen molar-refractivity contribution in [3.05, 3.63) is 54.1 Å². The average molecular weight is 424 g/mol. The molecule has 0 aliphatic rings.